The fourth-order valence-corrected chi connectivity index (χ4v) is 2.58. The SMILES string of the molecule is NC1CC1NS(=O)(=O)c1cccc(F)c1. The Labute approximate surface area is 87.3 Å². The molecule has 0 spiro atoms. The minimum atomic E-state index is -3.62. The molecule has 1 saturated carbocycles. The standard InChI is InChI=1S/C9H11FN2O2S/c10-6-2-1-3-7(4-6)15(13,14)12-9-5-8(9)11/h1-4,8-9,12H,5,11H2. The Bertz CT molecular complexity index is 475. The summed E-state index contributed by atoms with van der Waals surface area (Å²) < 4.78 is 38.5. The molecule has 0 saturated heterocycles. The maximum absolute atomic E-state index is 12.8. The van der Waals surface area contributed by atoms with Crippen molar-refractivity contribution in [1.82, 2.24) is 4.72 Å². The van der Waals surface area contributed by atoms with E-state index in [2.05, 4.69) is 4.72 Å². The van der Waals surface area contributed by atoms with Gasteiger partial charge in [-0.2, -0.15) is 0 Å². The fourth-order valence-electron chi connectivity index (χ4n) is 1.25. The summed E-state index contributed by atoms with van der Waals surface area (Å²) in [5.74, 6) is -0.571. The highest BCUT2D eigenvalue weighted by atomic mass is 32.2. The average Bonchev–Trinajstić information content (AvgIpc) is 2.80. The average molecular weight is 230 g/mol. The molecular formula is C9H11FN2O2S. The molecule has 0 heterocycles. The highest BCUT2D eigenvalue weighted by molar-refractivity contribution is 7.89. The van der Waals surface area contributed by atoms with E-state index < -0.39 is 15.8 Å². The van der Waals surface area contributed by atoms with Crippen LogP contribution < -0.4 is 10.5 Å². The molecule has 0 radical (unpaired) electrons. The molecule has 1 fully saturated rings. The first kappa shape index (κ1) is 10.5. The Morgan fingerprint density at radius 1 is 1.47 bits per heavy atom. The molecule has 3 N–H and O–H groups in total. The predicted octanol–water partition coefficient (Wildman–Crippen LogP) is 0.204. The van der Waals surface area contributed by atoms with Gasteiger partial charge in [-0.05, 0) is 24.6 Å². The molecule has 82 valence electrons. The van der Waals surface area contributed by atoms with Crippen LogP contribution in [0.15, 0.2) is 29.2 Å². The Morgan fingerprint density at radius 3 is 2.67 bits per heavy atom. The van der Waals surface area contributed by atoms with Crippen molar-refractivity contribution in [1.29, 1.82) is 0 Å². The molecule has 2 rings (SSSR count). The van der Waals surface area contributed by atoms with Crippen LogP contribution in [0.3, 0.4) is 0 Å². The molecule has 1 aromatic carbocycles. The zero-order valence-corrected chi connectivity index (χ0v) is 8.67. The molecule has 2 unspecified atom stereocenters. The summed E-state index contributed by atoms with van der Waals surface area (Å²) in [7, 11) is -3.62. The third-order valence-electron chi connectivity index (χ3n) is 2.25. The summed E-state index contributed by atoms with van der Waals surface area (Å²) in [4.78, 5) is -0.0680. The number of nitrogens with two attached hydrogens (primary N) is 1. The van der Waals surface area contributed by atoms with Gasteiger partial charge in [-0.15, -0.1) is 0 Å². The molecule has 4 nitrogen and oxygen atoms in total. The van der Waals surface area contributed by atoms with Gasteiger partial charge >= 0.3 is 0 Å². The summed E-state index contributed by atoms with van der Waals surface area (Å²) in [6, 6.07) is 4.56. The molecule has 0 aliphatic heterocycles. The highest BCUT2D eigenvalue weighted by Crippen LogP contribution is 2.21. The second kappa shape index (κ2) is 3.55. The van der Waals surface area contributed by atoms with Gasteiger partial charge in [0.15, 0.2) is 0 Å². The van der Waals surface area contributed by atoms with Gasteiger partial charge in [0, 0.05) is 12.1 Å². The Kier molecular flexibility index (Phi) is 2.49. The molecule has 0 amide bonds. The Morgan fingerprint density at radius 2 is 2.13 bits per heavy atom. The van der Waals surface area contributed by atoms with E-state index in [1.807, 2.05) is 0 Å². The smallest absolute Gasteiger partial charge is 0.240 e. The number of hydrogen-bond donors (Lipinski definition) is 2. The van der Waals surface area contributed by atoms with Crippen molar-refractivity contribution in [2.24, 2.45) is 5.73 Å². The lowest BCUT2D eigenvalue weighted by Gasteiger charge is -2.05. The van der Waals surface area contributed by atoms with E-state index in [-0.39, 0.29) is 17.0 Å². The van der Waals surface area contributed by atoms with Crippen LogP contribution in [-0.4, -0.2) is 20.5 Å². The van der Waals surface area contributed by atoms with Crippen molar-refractivity contribution in [3.05, 3.63) is 30.1 Å². The summed E-state index contributed by atoms with van der Waals surface area (Å²) in [5.41, 5.74) is 5.48. The van der Waals surface area contributed by atoms with Gasteiger partial charge in [-0.3, -0.25) is 0 Å². The van der Waals surface area contributed by atoms with E-state index >= 15 is 0 Å². The van der Waals surface area contributed by atoms with Crippen molar-refractivity contribution in [3.63, 3.8) is 0 Å². The van der Waals surface area contributed by atoms with Crippen molar-refractivity contribution in [2.45, 2.75) is 23.4 Å². The van der Waals surface area contributed by atoms with Gasteiger partial charge in [-0.25, -0.2) is 17.5 Å². The minimum absolute atomic E-state index is 0.0680. The van der Waals surface area contributed by atoms with Crippen LogP contribution in [0.5, 0.6) is 0 Å². The van der Waals surface area contributed by atoms with Crippen molar-refractivity contribution in [2.75, 3.05) is 0 Å². The van der Waals surface area contributed by atoms with Gasteiger partial charge < -0.3 is 5.73 Å². The first-order valence-corrected chi connectivity index (χ1v) is 6.01. The molecule has 6 heteroatoms. The maximum Gasteiger partial charge on any atom is 0.240 e. The van der Waals surface area contributed by atoms with E-state index in [0.717, 1.165) is 6.07 Å². The largest absolute Gasteiger partial charge is 0.326 e. The molecule has 1 aromatic rings. The van der Waals surface area contributed by atoms with Crippen LogP contribution in [0.25, 0.3) is 0 Å². The summed E-state index contributed by atoms with van der Waals surface area (Å²) in [5, 5.41) is 0. The fraction of sp³-hybridized carbons (Fsp3) is 0.333. The van der Waals surface area contributed by atoms with E-state index in [0.29, 0.717) is 6.42 Å². The summed E-state index contributed by atoms with van der Waals surface area (Å²) in [6.45, 7) is 0. The lowest BCUT2D eigenvalue weighted by Crippen LogP contribution is -2.29. The number of nitrogens with one attached hydrogen (secondary N) is 1. The second-order valence-electron chi connectivity index (χ2n) is 3.58. The van der Waals surface area contributed by atoms with Crippen molar-refractivity contribution >= 4 is 10.0 Å². The predicted molar refractivity (Wildman–Crippen MR) is 53.1 cm³/mol. The van der Waals surface area contributed by atoms with Crippen molar-refractivity contribution < 1.29 is 12.8 Å². The first-order chi connectivity index (χ1) is 6.99. The van der Waals surface area contributed by atoms with Crippen LogP contribution in [0.1, 0.15) is 6.42 Å². The topological polar surface area (TPSA) is 72.2 Å². The highest BCUT2D eigenvalue weighted by Gasteiger charge is 2.37. The van der Waals surface area contributed by atoms with Gasteiger partial charge in [-0.1, -0.05) is 6.07 Å². The first-order valence-electron chi connectivity index (χ1n) is 4.52. The van der Waals surface area contributed by atoms with E-state index in [9.17, 15) is 12.8 Å². The Hall–Kier alpha value is -0.980. The van der Waals surface area contributed by atoms with Crippen LogP contribution >= 0.6 is 0 Å². The zero-order valence-electron chi connectivity index (χ0n) is 7.85. The Balaban J connectivity index is 2.21. The number of hydrogen-bond acceptors (Lipinski definition) is 3. The lowest BCUT2D eigenvalue weighted by atomic mass is 10.4. The number of sulfonamides is 1. The monoisotopic (exact) mass is 230 g/mol. The van der Waals surface area contributed by atoms with E-state index in [1.165, 1.54) is 18.2 Å². The second-order valence-corrected chi connectivity index (χ2v) is 5.30. The third-order valence-corrected chi connectivity index (χ3v) is 3.74. The van der Waals surface area contributed by atoms with Crippen LogP contribution in [-0.2, 0) is 10.0 Å². The summed E-state index contributed by atoms with van der Waals surface area (Å²) >= 11 is 0. The molecule has 0 bridgehead atoms. The number of halogens is 1. The van der Waals surface area contributed by atoms with Crippen LogP contribution in [0.2, 0.25) is 0 Å². The maximum atomic E-state index is 12.8. The normalized spacial score (nSPS) is 25.2. The van der Waals surface area contributed by atoms with Crippen molar-refractivity contribution in [3.8, 4) is 0 Å². The third kappa shape index (κ3) is 2.34. The lowest BCUT2D eigenvalue weighted by molar-refractivity contribution is 0.576. The van der Waals surface area contributed by atoms with Gasteiger partial charge in [0.25, 0.3) is 0 Å². The van der Waals surface area contributed by atoms with E-state index in [1.54, 1.807) is 0 Å². The molecular weight excluding hydrogens is 219 g/mol. The molecule has 15 heavy (non-hydrogen) atoms. The number of benzene rings is 1. The number of rotatable bonds is 3. The van der Waals surface area contributed by atoms with Gasteiger partial charge in [0.05, 0.1) is 4.90 Å². The molecule has 0 aromatic heterocycles. The van der Waals surface area contributed by atoms with Crippen LogP contribution in [0.4, 0.5) is 4.39 Å². The molecule has 1 aliphatic rings. The van der Waals surface area contributed by atoms with Crippen LogP contribution in [0, 0.1) is 5.82 Å². The molecule has 2 atom stereocenters. The quantitative estimate of drug-likeness (QED) is 0.779. The van der Waals surface area contributed by atoms with Gasteiger partial charge in [0.2, 0.25) is 10.0 Å². The van der Waals surface area contributed by atoms with Gasteiger partial charge in [0.1, 0.15) is 5.82 Å². The summed E-state index contributed by atoms with van der Waals surface area (Å²) in [6.07, 6.45) is 0.633. The molecule has 1 aliphatic carbocycles. The zero-order chi connectivity index (χ0) is 11.1. The van der Waals surface area contributed by atoms with E-state index in [4.69, 9.17) is 5.73 Å². The minimum Gasteiger partial charge on any atom is -0.326 e.